The molecule has 4 aromatic heterocycles. The molecule has 1 atom stereocenters. The SMILES string of the molecule is CC1(C)c2ccccc2Oc2cc3c4ccc(C(F)c5ccc6c7ccccc7n7ccnc7c6c5)cc4n(-c4ccccn4)c3cc21. The van der Waals surface area contributed by atoms with Gasteiger partial charge in [-0.05, 0) is 65.0 Å². The number of aromatic nitrogens is 4. The van der Waals surface area contributed by atoms with Crippen LogP contribution in [0.15, 0.2) is 134 Å². The molecule has 0 fully saturated rings. The van der Waals surface area contributed by atoms with Crippen molar-refractivity contribution in [1.29, 1.82) is 0 Å². The number of para-hydroxylation sites is 2. The average Bonchev–Trinajstić information content (AvgIpc) is 3.74. The van der Waals surface area contributed by atoms with Crippen LogP contribution in [0.5, 0.6) is 11.5 Å². The van der Waals surface area contributed by atoms with Crippen molar-refractivity contribution in [1.82, 2.24) is 18.9 Å². The van der Waals surface area contributed by atoms with E-state index < -0.39 is 6.17 Å². The third kappa shape index (κ3) is 3.71. The smallest absolute Gasteiger partial charge is 0.150 e. The lowest BCUT2D eigenvalue weighted by Gasteiger charge is -2.34. The predicted octanol–water partition coefficient (Wildman–Crippen LogP) is 10.6. The fraction of sp³-hybridized carbons (Fsp3) is 0.0952. The van der Waals surface area contributed by atoms with Gasteiger partial charge in [0.25, 0.3) is 0 Å². The molecule has 0 bridgehead atoms. The molecular formula is C42H29FN4O. The van der Waals surface area contributed by atoms with Crippen molar-refractivity contribution in [3.05, 3.63) is 156 Å². The zero-order chi connectivity index (χ0) is 32.1. The van der Waals surface area contributed by atoms with Crippen LogP contribution in [-0.4, -0.2) is 18.9 Å². The first-order valence-corrected chi connectivity index (χ1v) is 16.2. The van der Waals surface area contributed by atoms with Crippen molar-refractivity contribution >= 4 is 49.1 Å². The highest BCUT2D eigenvalue weighted by atomic mass is 19.1. The maximum Gasteiger partial charge on any atom is 0.150 e. The normalized spacial score (nSPS) is 14.4. The summed E-state index contributed by atoms with van der Waals surface area (Å²) in [6.07, 6.45) is 4.21. The minimum absolute atomic E-state index is 0.277. The van der Waals surface area contributed by atoms with E-state index in [4.69, 9.17) is 9.72 Å². The molecule has 1 unspecified atom stereocenters. The average molecular weight is 625 g/mol. The quantitative estimate of drug-likeness (QED) is 0.184. The van der Waals surface area contributed by atoms with Gasteiger partial charge in [0.05, 0.1) is 16.6 Å². The molecule has 6 heteroatoms. The molecule has 5 nitrogen and oxygen atoms in total. The number of halogens is 1. The second-order valence-corrected chi connectivity index (χ2v) is 13.2. The molecule has 0 aliphatic carbocycles. The lowest BCUT2D eigenvalue weighted by molar-refractivity contribution is 0.402. The van der Waals surface area contributed by atoms with Gasteiger partial charge in [-0.3, -0.25) is 8.97 Å². The molecule has 0 spiro atoms. The molecule has 5 aromatic carbocycles. The third-order valence-corrected chi connectivity index (χ3v) is 10.2. The summed E-state index contributed by atoms with van der Waals surface area (Å²) in [7, 11) is 0. The molecule has 230 valence electrons. The van der Waals surface area contributed by atoms with Crippen LogP contribution in [-0.2, 0) is 5.41 Å². The fourth-order valence-corrected chi connectivity index (χ4v) is 7.80. The first-order chi connectivity index (χ1) is 23.5. The summed E-state index contributed by atoms with van der Waals surface area (Å²) in [5.74, 6) is 2.49. The van der Waals surface area contributed by atoms with Gasteiger partial charge in [-0.1, -0.05) is 80.6 Å². The Morgan fingerprint density at radius 2 is 1.35 bits per heavy atom. The van der Waals surface area contributed by atoms with Gasteiger partial charge in [0.15, 0.2) is 6.17 Å². The minimum Gasteiger partial charge on any atom is -0.457 e. The Labute approximate surface area is 275 Å². The molecule has 10 rings (SSSR count). The molecule has 9 aromatic rings. The van der Waals surface area contributed by atoms with Crippen molar-refractivity contribution in [2.75, 3.05) is 0 Å². The Balaban J connectivity index is 1.18. The molecule has 5 heterocycles. The van der Waals surface area contributed by atoms with E-state index in [1.165, 1.54) is 0 Å². The fourth-order valence-electron chi connectivity index (χ4n) is 7.80. The maximum absolute atomic E-state index is 16.8. The summed E-state index contributed by atoms with van der Waals surface area (Å²) in [5, 5.41) is 5.14. The van der Waals surface area contributed by atoms with E-state index in [1.807, 2.05) is 85.1 Å². The van der Waals surface area contributed by atoms with Crippen molar-refractivity contribution in [2.45, 2.75) is 25.4 Å². The second kappa shape index (κ2) is 9.75. The zero-order valence-corrected chi connectivity index (χ0v) is 26.4. The highest BCUT2D eigenvalue weighted by molar-refractivity contribution is 6.12. The number of nitrogens with zero attached hydrogens (tertiary/aromatic N) is 4. The Bertz CT molecular complexity index is 2760. The van der Waals surface area contributed by atoms with Crippen LogP contribution in [0.4, 0.5) is 4.39 Å². The first kappa shape index (κ1) is 27.1. The molecule has 0 amide bonds. The van der Waals surface area contributed by atoms with E-state index in [9.17, 15) is 0 Å². The largest absolute Gasteiger partial charge is 0.457 e. The van der Waals surface area contributed by atoms with Gasteiger partial charge in [-0.25, -0.2) is 14.4 Å². The van der Waals surface area contributed by atoms with Crippen molar-refractivity contribution in [2.24, 2.45) is 0 Å². The summed E-state index contributed by atoms with van der Waals surface area (Å²) in [6, 6.07) is 38.6. The topological polar surface area (TPSA) is 44.4 Å². The molecule has 0 saturated carbocycles. The van der Waals surface area contributed by atoms with E-state index in [1.54, 1.807) is 12.4 Å². The number of alkyl halides is 1. The van der Waals surface area contributed by atoms with Gasteiger partial charge in [-0.15, -0.1) is 0 Å². The number of rotatable bonds is 3. The van der Waals surface area contributed by atoms with Crippen molar-refractivity contribution < 1.29 is 9.13 Å². The van der Waals surface area contributed by atoms with Crippen LogP contribution in [0.25, 0.3) is 54.9 Å². The molecule has 0 radical (unpaired) electrons. The van der Waals surface area contributed by atoms with Gasteiger partial charge in [-0.2, -0.15) is 0 Å². The highest BCUT2D eigenvalue weighted by Gasteiger charge is 2.35. The molecular weight excluding hydrogens is 595 g/mol. The molecule has 1 aliphatic heterocycles. The zero-order valence-electron chi connectivity index (χ0n) is 26.4. The Kier molecular flexibility index (Phi) is 5.51. The molecule has 0 N–H and O–H groups in total. The predicted molar refractivity (Wildman–Crippen MR) is 190 cm³/mol. The number of pyridine rings is 2. The monoisotopic (exact) mass is 624 g/mol. The molecule has 48 heavy (non-hydrogen) atoms. The summed E-state index contributed by atoms with van der Waals surface area (Å²) >= 11 is 0. The van der Waals surface area contributed by atoms with E-state index >= 15 is 4.39 Å². The third-order valence-electron chi connectivity index (χ3n) is 10.2. The van der Waals surface area contributed by atoms with Crippen LogP contribution in [0.3, 0.4) is 0 Å². The number of hydrogen-bond donors (Lipinski definition) is 0. The standard InChI is InChI=1S/C42H29FN4O/c1-42(2)32-10-4-6-12-37(32)48-38-23-30-29-17-15-26(22-35(29)47(36(30)24-33(38)42)39-13-7-8-18-44-39)40(43)25-14-16-27-28-9-3-5-11-34(28)46-20-19-45-41(46)31(27)21-25/h3-24,40H,1-2H3. The maximum atomic E-state index is 16.8. The van der Waals surface area contributed by atoms with Gasteiger partial charge < -0.3 is 4.74 Å². The number of imidazole rings is 1. The Hall–Kier alpha value is -6.01. The number of ether oxygens (including phenoxy) is 1. The van der Waals surface area contributed by atoms with E-state index in [0.717, 1.165) is 77.6 Å². The van der Waals surface area contributed by atoms with Crippen molar-refractivity contribution in [3.63, 3.8) is 0 Å². The van der Waals surface area contributed by atoms with Gasteiger partial charge in [0.1, 0.15) is 23.0 Å². The number of hydrogen-bond acceptors (Lipinski definition) is 3. The van der Waals surface area contributed by atoms with E-state index in [-0.39, 0.29) is 5.41 Å². The van der Waals surface area contributed by atoms with Crippen molar-refractivity contribution in [3.8, 4) is 17.3 Å². The van der Waals surface area contributed by atoms with Crippen LogP contribution in [0.2, 0.25) is 0 Å². The van der Waals surface area contributed by atoms with E-state index in [0.29, 0.717) is 11.1 Å². The van der Waals surface area contributed by atoms with Crippen LogP contribution < -0.4 is 4.74 Å². The first-order valence-electron chi connectivity index (χ1n) is 16.2. The van der Waals surface area contributed by atoms with E-state index in [2.05, 4.69) is 64.2 Å². The second-order valence-electron chi connectivity index (χ2n) is 13.2. The lowest BCUT2D eigenvalue weighted by atomic mass is 9.75. The lowest BCUT2D eigenvalue weighted by Crippen LogP contribution is -2.24. The summed E-state index contributed by atoms with van der Waals surface area (Å²) in [5.41, 5.74) is 6.94. The Morgan fingerprint density at radius 3 is 2.23 bits per heavy atom. The summed E-state index contributed by atoms with van der Waals surface area (Å²) < 4.78 is 27.5. The van der Waals surface area contributed by atoms with Gasteiger partial charge in [0.2, 0.25) is 0 Å². The molecule has 0 saturated heterocycles. The number of fused-ring (bicyclic) bond motifs is 11. The minimum atomic E-state index is -1.35. The van der Waals surface area contributed by atoms with Gasteiger partial charge >= 0.3 is 0 Å². The van der Waals surface area contributed by atoms with Crippen LogP contribution in [0, 0.1) is 0 Å². The molecule has 1 aliphatic rings. The van der Waals surface area contributed by atoms with Crippen LogP contribution >= 0.6 is 0 Å². The summed E-state index contributed by atoms with van der Waals surface area (Å²) in [4.78, 5) is 9.41. The Morgan fingerprint density at radius 1 is 0.604 bits per heavy atom. The van der Waals surface area contributed by atoms with Gasteiger partial charge in [0, 0.05) is 56.7 Å². The summed E-state index contributed by atoms with van der Waals surface area (Å²) in [6.45, 7) is 4.48. The van der Waals surface area contributed by atoms with Crippen LogP contribution in [0.1, 0.15) is 42.3 Å². The number of benzene rings is 5. The highest BCUT2D eigenvalue weighted by Crippen LogP contribution is 2.50.